The molecule has 0 bridgehead atoms. The van der Waals surface area contributed by atoms with Gasteiger partial charge in [-0.1, -0.05) is 6.07 Å². The number of nitrogens with zero attached hydrogens (tertiary/aromatic N) is 2. The average Bonchev–Trinajstić information content (AvgIpc) is 3.08. The fourth-order valence-corrected chi connectivity index (χ4v) is 1.83. The van der Waals surface area contributed by atoms with Gasteiger partial charge < -0.3 is 14.2 Å². The molecule has 2 aromatic heterocycles. The maximum atomic E-state index is 5.39. The minimum absolute atomic E-state index is 0.512. The van der Waals surface area contributed by atoms with Crippen LogP contribution in [0, 0.1) is 6.92 Å². The molecule has 0 amide bonds. The number of benzene rings is 1. The predicted octanol–water partition coefficient (Wildman–Crippen LogP) is 3.25. The molecule has 19 heavy (non-hydrogen) atoms. The fraction of sp³-hybridized carbons (Fsp3) is 0.143. The Labute approximate surface area is 110 Å². The molecule has 3 rings (SSSR count). The largest absolute Gasteiger partial charge is 0.467 e. The van der Waals surface area contributed by atoms with Crippen LogP contribution >= 0.6 is 0 Å². The van der Waals surface area contributed by atoms with E-state index >= 15 is 0 Å². The molecular formula is C14H13N3O2. The van der Waals surface area contributed by atoms with E-state index in [-0.39, 0.29) is 0 Å². The van der Waals surface area contributed by atoms with Gasteiger partial charge in [0.05, 0.1) is 12.8 Å². The van der Waals surface area contributed by atoms with Gasteiger partial charge in [-0.05, 0) is 36.8 Å². The fourth-order valence-electron chi connectivity index (χ4n) is 1.83. The van der Waals surface area contributed by atoms with Crippen LogP contribution < -0.4 is 5.32 Å². The van der Waals surface area contributed by atoms with E-state index in [0.717, 1.165) is 22.6 Å². The molecule has 0 aliphatic rings. The van der Waals surface area contributed by atoms with Gasteiger partial charge >= 0.3 is 0 Å². The first-order chi connectivity index (χ1) is 9.33. The van der Waals surface area contributed by atoms with Crippen LogP contribution in [0.5, 0.6) is 0 Å². The Balaban J connectivity index is 1.75. The summed E-state index contributed by atoms with van der Waals surface area (Å²) in [5.74, 6) is 1.45. The third-order valence-electron chi connectivity index (χ3n) is 2.89. The topological polar surface area (TPSA) is 64.1 Å². The van der Waals surface area contributed by atoms with Gasteiger partial charge in [0, 0.05) is 11.3 Å². The van der Waals surface area contributed by atoms with E-state index in [4.69, 9.17) is 8.83 Å². The highest BCUT2D eigenvalue weighted by Crippen LogP contribution is 2.21. The van der Waals surface area contributed by atoms with Gasteiger partial charge in [0.2, 0.25) is 12.3 Å². The van der Waals surface area contributed by atoms with Crippen molar-refractivity contribution in [2.24, 2.45) is 0 Å². The SMILES string of the molecule is Cc1ccoc1CNc1cccc(-c2nnco2)c1. The van der Waals surface area contributed by atoms with Crippen LogP contribution in [0.2, 0.25) is 0 Å². The van der Waals surface area contributed by atoms with Crippen molar-refractivity contribution in [2.75, 3.05) is 5.32 Å². The van der Waals surface area contributed by atoms with Crippen LogP contribution in [-0.4, -0.2) is 10.2 Å². The lowest BCUT2D eigenvalue weighted by atomic mass is 10.2. The van der Waals surface area contributed by atoms with Gasteiger partial charge in [0.25, 0.3) is 0 Å². The predicted molar refractivity (Wildman–Crippen MR) is 70.5 cm³/mol. The Hall–Kier alpha value is -2.56. The smallest absolute Gasteiger partial charge is 0.247 e. The Bertz CT molecular complexity index is 659. The van der Waals surface area contributed by atoms with Gasteiger partial charge in [-0.25, -0.2) is 0 Å². The summed E-state index contributed by atoms with van der Waals surface area (Å²) >= 11 is 0. The summed E-state index contributed by atoms with van der Waals surface area (Å²) in [7, 11) is 0. The molecule has 2 heterocycles. The molecule has 96 valence electrons. The van der Waals surface area contributed by atoms with Crippen molar-refractivity contribution < 1.29 is 8.83 Å². The molecule has 5 nitrogen and oxygen atoms in total. The first-order valence-corrected chi connectivity index (χ1v) is 5.96. The third kappa shape index (κ3) is 2.49. The molecule has 3 aromatic rings. The number of aromatic nitrogens is 2. The van der Waals surface area contributed by atoms with Gasteiger partial charge in [-0.15, -0.1) is 10.2 Å². The van der Waals surface area contributed by atoms with E-state index in [9.17, 15) is 0 Å². The summed E-state index contributed by atoms with van der Waals surface area (Å²) in [5, 5.41) is 10.9. The first-order valence-electron chi connectivity index (χ1n) is 5.96. The van der Waals surface area contributed by atoms with Gasteiger partial charge in [0.15, 0.2) is 0 Å². The second kappa shape index (κ2) is 4.97. The molecule has 1 N–H and O–H groups in total. The molecule has 0 saturated heterocycles. The van der Waals surface area contributed by atoms with Gasteiger partial charge in [0.1, 0.15) is 5.76 Å². The van der Waals surface area contributed by atoms with Crippen molar-refractivity contribution in [3.05, 3.63) is 54.3 Å². The number of furan rings is 1. The molecule has 0 aliphatic heterocycles. The third-order valence-corrected chi connectivity index (χ3v) is 2.89. The highest BCUT2D eigenvalue weighted by atomic mass is 16.4. The van der Waals surface area contributed by atoms with E-state index < -0.39 is 0 Å². The quantitative estimate of drug-likeness (QED) is 0.775. The molecule has 0 unspecified atom stereocenters. The number of anilines is 1. The standard InChI is InChI=1S/C14H13N3O2/c1-10-5-6-18-13(10)8-15-12-4-2-3-11(7-12)14-17-16-9-19-14/h2-7,9,15H,8H2,1H3. The summed E-state index contributed by atoms with van der Waals surface area (Å²) in [6, 6.07) is 9.77. The van der Waals surface area contributed by atoms with Crippen LogP contribution in [0.15, 0.2) is 51.8 Å². The summed E-state index contributed by atoms with van der Waals surface area (Å²) in [4.78, 5) is 0. The highest BCUT2D eigenvalue weighted by molar-refractivity contribution is 5.60. The number of aryl methyl sites for hydroxylation is 1. The van der Waals surface area contributed by atoms with Crippen LogP contribution in [0.3, 0.4) is 0 Å². The minimum Gasteiger partial charge on any atom is -0.467 e. The summed E-state index contributed by atoms with van der Waals surface area (Å²) in [6.45, 7) is 2.67. The number of rotatable bonds is 4. The molecule has 0 radical (unpaired) electrons. The van der Waals surface area contributed by atoms with Gasteiger partial charge in [-0.3, -0.25) is 0 Å². The number of hydrogen-bond donors (Lipinski definition) is 1. The summed E-state index contributed by atoms with van der Waals surface area (Å²) < 4.78 is 10.6. The molecule has 0 spiro atoms. The molecule has 0 saturated carbocycles. The zero-order chi connectivity index (χ0) is 13.1. The molecular weight excluding hydrogens is 242 g/mol. The van der Waals surface area contributed by atoms with Crippen LogP contribution in [0.4, 0.5) is 5.69 Å². The number of nitrogens with one attached hydrogen (secondary N) is 1. The molecule has 0 atom stereocenters. The van der Waals surface area contributed by atoms with E-state index in [1.807, 2.05) is 37.3 Å². The van der Waals surface area contributed by atoms with Crippen molar-refractivity contribution in [3.8, 4) is 11.5 Å². The minimum atomic E-state index is 0.512. The van der Waals surface area contributed by atoms with Crippen LogP contribution in [0.1, 0.15) is 11.3 Å². The maximum absolute atomic E-state index is 5.39. The normalized spacial score (nSPS) is 10.6. The molecule has 5 heteroatoms. The van der Waals surface area contributed by atoms with E-state index in [2.05, 4.69) is 15.5 Å². The van der Waals surface area contributed by atoms with Crippen molar-refractivity contribution >= 4 is 5.69 Å². The molecule has 1 aromatic carbocycles. The highest BCUT2D eigenvalue weighted by Gasteiger charge is 2.05. The van der Waals surface area contributed by atoms with Crippen LogP contribution in [-0.2, 0) is 6.54 Å². The first kappa shape index (κ1) is 11.5. The molecule has 0 fully saturated rings. The molecule has 0 aliphatic carbocycles. The Kier molecular flexibility index (Phi) is 3.02. The van der Waals surface area contributed by atoms with Crippen LogP contribution in [0.25, 0.3) is 11.5 Å². The van der Waals surface area contributed by atoms with E-state index in [1.54, 1.807) is 6.26 Å². The van der Waals surface area contributed by atoms with Crippen molar-refractivity contribution in [1.82, 2.24) is 10.2 Å². The lowest BCUT2D eigenvalue weighted by Crippen LogP contribution is -1.99. The lowest BCUT2D eigenvalue weighted by Gasteiger charge is -2.06. The van der Waals surface area contributed by atoms with E-state index in [0.29, 0.717) is 12.4 Å². The lowest BCUT2D eigenvalue weighted by molar-refractivity contribution is 0.515. The number of hydrogen-bond acceptors (Lipinski definition) is 5. The van der Waals surface area contributed by atoms with Gasteiger partial charge in [-0.2, -0.15) is 0 Å². The van der Waals surface area contributed by atoms with Crippen molar-refractivity contribution in [1.29, 1.82) is 0 Å². The Morgan fingerprint density at radius 2 is 2.16 bits per heavy atom. The summed E-state index contributed by atoms with van der Waals surface area (Å²) in [6.07, 6.45) is 3.02. The second-order valence-corrected chi connectivity index (χ2v) is 4.21. The zero-order valence-corrected chi connectivity index (χ0v) is 10.5. The maximum Gasteiger partial charge on any atom is 0.247 e. The second-order valence-electron chi connectivity index (χ2n) is 4.21. The van der Waals surface area contributed by atoms with E-state index in [1.165, 1.54) is 6.39 Å². The summed E-state index contributed by atoms with van der Waals surface area (Å²) in [5.41, 5.74) is 3.01. The Morgan fingerprint density at radius 3 is 2.89 bits per heavy atom. The van der Waals surface area contributed by atoms with Crippen molar-refractivity contribution in [2.45, 2.75) is 13.5 Å². The zero-order valence-electron chi connectivity index (χ0n) is 10.5. The average molecular weight is 255 g/mol. The van der Waals surface area contributed by atoms with Crippen molar-refractivity contribution in [3.63, 3.8) is 0 Å². The Morgan fingerprint density at radius 1 is 1.21 bits per heavy atom. The monoisotopic (exact) mass is 255 g/mol.